The van der Waals surface area contributed by atoms with Crippen LogP contribution in [0.2, 0.25) is 5.15 Å². The monoisotopic (exact) mass is 227 g/mol. The van der Waals surface area contributed by atoms with E-state index < -0.39 is 0 Å². The van der Waals surface area contributed by atoms with E-state index in [1.807, 2.05) is 6.07 Å². The Hall–Kier alpha value is -0.930. The number of rotatable bonds is 1. The number of aromatic nitrogens is 1. The molecule has 2 aromatic rings. The van der Waals surface area contributed by atoms with Crippen molar-refractivity contribution in [2.75, 3.05) is 0 Å². The Kier molecular flexibility index (Phi) is 2.52. The average molecular weight is 228 g/mol. The van der Waals surface area contributed by atoms with Crippen molar-refractivity contribution in [3.05, 3.63) is 40.1 Å². The zero-order chi connectivity index (χ0) is 10.1. The summed E-state index contributed by atoms with van der Waals surface area (Å²) in [6.07, 6.45) is 0. The quantitative estimate of drug-likeness (QED) is 0.720. The molecule has 0 bridgehead atoms. The fourth-order valence-electron chi connectivity index (χ4n) is 1.22. The van der Waals surface area contributed by atoms with E-state index in [1.165, 1.54) is 17.4 Å². The van der Waals surface area contributed by atoms with Crippen molar-refractivity contribution in [2.45, 2.75) is 6.92 Å². The largest absolute Gasteiger partial charge is 0.224 e. The minimum Gasteiger partial charge on any atom is -0.224 e. The Morgan fingerprint density at radius 2 is 2.21 bits per heavy atom. The number of halogens is 2. The van der Waals surface area contributed by atoms with Crippen LogP contribution in [0.25, 0.3) is 10.6 Å². The first-order valence-corrected chi connectivity index (χ1v) is 5.31. The minimum atomic E-state index is -0.214. The summed E-state index contributed by atoms with van der Waals surface area (Å²) in [7, 11) is 0. The Morgan fingerprint density at radius 3 is 2.86 bits per heavy atom. The van der Waals surface area contributed by atoms with Crippen LogP contribution in [0, 0.1) is 12.7 Å². The Labute approximate surface area is 90.2 Å². The molecule has 1 nitrogen and oxygen atoms in total. The van der Waals surface area contributed by atoms with Gasteiger partial charge in [0.05, 0.1) is 0 Å². The molecule has 0 N–H and O–H groups in total. The molecule has 0 fully saturated rings. The van der Waals surface area contributed by atoms with E-state index in [2.05, 4.69) is 4.98 Å². The maximum Gasteiger partial charge on any atom is 0.140 e. The summed E-state index contributed by atoms with van der Waals surface area (Å²) in [5.41, 5.74) is 1.42. The maximum absolute atomic E-state index is 13.2. The van der Waals surface area contributed by atoms with Crippen molar-refractivity contribution in [2.24, 2.45) is 0 Å². The lowest BCUT2D eigenvalue weighted by molar-refractivity contribution is 0.619. The molecule has 1 aromatic heterocycles. The van der Waals surface area contributed by atoms with Crippen molar-refractivity contribution in [1.29, 1.82) is 0 Å². The molecule has 0 atom stereocenters. The molecule has 0 saturated heterocycles. The van der Waals surface area contributed by atoms with E-state index in [0.29, 0.717) is 10.7 Å². The van der Waals surface area contributed by atoms with Crippen molar-refractivity contribution in [3.8, 4) is 10.6 Å². The molecule has 0 amide bonds. The lowest BCUT2D eigenvalue weighted by Crippen LogP contribution is -1.86. The molecular formula is C10H7ClFNS. The zero-order valence-corrected chi connectivity index (χ0v) is 8.99. The number of thiazole rings is 1. The van der Waals surface area contributed by atoms with Gasteiger partial charge in [-0.3, -0.25) is 0 Å². The molecule has 0 radical (unpaired) electrons. The molecule has 72 valence electrons. The van der Waals surface area contributed by atoms with Crippen molar-refractivity contribution >= 4 is 22.9 Å². The third-order valence-corrected chi connectivity index (χ3v) is 3.17. The van der Waals surface area contributed by atoms with Gasteiger partial charge in [0.2, 0.25) is 0 Å². The summed E-state index contributed by atoms with van der Waals surface area (Å²) >= 11 is 7.12. The van der Waals surface area contributed by atoms with Gasteiger partial charge in [0, 0.05) is 10.9 Å². The van der Waals surface area contributed by atoms with Crippen LogP contribution < -0.4 is 0 Å². The highest BCUT2D eigenvalue weighted by Gasteiger charge is 2.08. The molecule has 0 aliphatic heterocycles. The highest BCUT2D eigenvalue weighted by molar-refractivity contribution is 7.13. The SMILES string of the molecule is Cc1c(F)cccc1-c1nc(Cl)cs1. The highest BCUT2D eigenvalue weighted by atomic mass is 35.5. The van der Waals surface area contributed by atoms with Gasteiger partial charge in [-0.2, -0.15) is 0 Å². The van der Waals surface area contributed by atoms with E-state index in [0.717, 1.165) is 10.6 Å². The molecule has 0 aliphatic carbocycles. The lowest BCUT2D eigenvalue weighted by atomic mass is 10.1. The van der Waals surface area contributed by atoms with Crippen molar-refractivity contribution in [3.63, 3.8) is 0 Å². The molecule has 0 aliphatic rings. The second kappa shape index (κ2) is 3.67. The first-order chi connectivity index (χ1) is 6.68. The van der Waals surface area contributed by atoms with Gasteiger partial charge >= 0.3 is 0 Å². The van der Waals surface area contributed by atoms with Crippen LogP contribution in [-0.2, 0) is 0 Å². The number of nitrogens with zero attached hydrogens (tertiary/aromatic N) is 1. The van der Waals surface area contributed by atoms with Gasteiger partial charge in [0.25, 0.3) is 0 Å². The summed E-state index contributed by atoms with van der Waals surface area (Å²) in [4.78, 5) is 4.10. The third-order valence-electron chi connectivity index (χ3n) is 1.97. The first-order valence-electron chi connectivity index (χ1n) is 4.05. The zero-order valence-electron chi connectivity index (χ0n) is 7.42. The predicted molar refractivity (Wildman–Crippen MR) is 57.3 cm³/mol. The lowest BCUT2D eigenvalue weighted by Gasteiger charge is -2.01. The number of benzene rings is 1. The van der Waals surface area contributed by atoms with Crippen molar-refractivity contribution < 1.29 is 4.39 Å². The van der Waals surface area contributed by atoms with Crippen LogP contribution in [-0.4, -0.2) is 4.98 Å². The van der Waals surface area contributed by atoms with Gasteiger partial charge in [0.1, 0.15) is 16.0 Å². The van der Waals surface area contributed by atoms with Gasteiger partial charge in [-0.15, -0.1) is 11.3 Å². The fraction of sp³-hybridized carbons (Fsp3) is 0.100. The van der Waals surface area contributed by atoms with Gasteiger partial charge < -0.3 is 0 Å². The van der Waals surface area contributed by atoms with Gasteiger partial charge in [-0.25, -0.2) is 9.37 Å². The van der Waals surface area contributed by atoms with Crippen LogP contribution in [0.15, 0.2) is 23.6 Å². The minimum absolute atomic E-state index is 0.214. The Balaban J connectivity index is 2.57. The Bertz CT molecular complexity index is 467. The molecule has 1 heterocycles. The standard InChI is InChI=1S/C10H7ClFNS/c1-6-7(3-2-4-8(6)12)10-13-9(11)5-14-10/h2-5H,1H3. The smallest absolute Gasteiger partial charge is 0.140 e. The van der Waals surface area contributed by atoms with E-state index in [1.54, 1.807) is 18.4 Å². The highest BCUT2D eigenvalue weighted by Crippen LogP contribution is 2.29. The third kappa shape index (κ3) is 1.65. The molecule has 0 unspecified atom stereocenters. The maximum atomic E-state index is 13.2. The number of hydrogen-bond donors (Lipinski definition) is 0. The van der Waals surface area contributed by atoms with E-state index in [9.17, 15) is 4.39 Å². The molecule has 0 spiro atoms. The van der Waals surface area contributed by atoms with Crippen molar-refractivity contribution in [1.82, 2.24) is 4.98 Å². The summed E-state index contributed by atoms with van der Waals surface area (Å²) in [5, 5.41) is 2.95. The summed E-state index contributed by atoms with van der Waals surface area (Å²) in [5.74, 6) is -0.214. The summed E-state index contributed by atoms with van der Waals surface area (Å²) < 4.78 is 13.2. The van der Waals surface area contributed by atoms with Gasteiger partial charge in [-0.05, 0) is 18.6 Å². The molecule has 1 aromatic carbocycles. The number of hydrogen-bond acceptors (Lipinski definition) is 2. The second-order valence-corrected chi connectivity index (χ2v) is 4.13. The average Bonchev–Trinajstić information content (AvgIpc) is 2.57. The van der Waals surface area contributed by atoms with E-state index >= 15 is 0 Å². The van der Waals surface area contributed by atoms with Crippen LogP contribution >= 0.6 is 22.9 Å². The first kappa shape index (κ1) is 9.62. The summed E-state index contributed by atoms with van der Waals surface area (Å²) in [6.45, 7) is 1.74. The van der Waals surface area contributed by atoms with Crippen LogP contribution in [0.4, 0.5) is 4.39 Å². The molecule has 14 heavy (non-hydrogen) atoms. The second-order valence-electron chi connectivity index (χ2n) is 2.89. The molecule has 2 rings (SSSR count). The summed E-state index contributed by atoms with van der Waals surface area (Å²) in [6, 6.07) is 4.95. The normalized spacial score (nSPS) is 10.5. The molecule has 4 heteroatoms. The predicted octanol–water partition coefficient (Wildman–Crippen LogP) is 3.91. The fourth-order valence-corrected chi connectivity index (χ4v) is 2.25. The topological polar surface area (TPSA) is 12.9 Å². The molecule has 0 saturated carbocycles. The van der Waals surface area contributed by atoms with E-state index in [-0.39, 0.29) is 5.82 Å². The Morgan fingerprint density at radius 1 is 1.43 bits per heavy atom. The molecular weight excluding hydrogens is 221 g/mol. The van der Waals surface area contributed by atoms with Gasteiger partial charge in [-0.1, -0.05) is 23.7 Å². The van der Waals surface area contributed by atoms with Crippen LogP contribution in [0.5, 0.6) is 0 Å². The van der Waals surface area contributed by atoms with Gasteiger partial charge in [0.15, 0.2) is 0 Å². The van der Waals surface area contributed by atoms with E-state index in [4.69, 9.17) is 11.6 Å². The van der Waals surface area contributed by atoms with Crippen LogP contribution in [0.3, 0.4) is 0 Å². The van der Waals surface area contributed by atoms with Crippen LogP contribution in [0.1, 0.15) is 5.56 Å².